The number of nitrogens with zero attached hydrogens (tertiary/aromatic N) is 2. The zero-order chi connectivity index (χ0) is 22.1. The predicted octanol–water partition coefficient (Wildman–Crippen LogP) is 2.71. The van der Waals surface area contributed by atoms with Gasteiger partial charge in [-0.1, -0.05) is 18.6 Å². The highest BCUT2D eigenvalue weighted by atomic mass is 16.5. The SMILES string of the molecule is COc1ccc(C2C3=C(OC4CCCCC4C3=O)C(=O)N2CCCN2CCOCC2)cc1. The second kappa shape index (κ2) is 9.24. The van der Waals surface area contributed by atoms with E-state index < -0.39 is 0 Å². The predicted molar refractivity (Wildman–Crippen MR) is 118 cm³/mol. The molecule has 0 radical (unpaired) electrons. The van der Waals surface area contributed by atoms with Crippen LogP contribution in [0.4, 0.5) is 0 Å². The standard InChI is InChI=1S/C25H32N2O5/c1-30-18-9-7-17(8-10-18)22-21-23(28)19-5-2-3-6-20(19)32-24(21)25(29)27(22)12-4-11-26-13-15-31-16-14-26/h7-10,19-20,22H,2-6,11-16H2,1H3. The van der Waals surface area contributed by atoms with Gasteiger partial charge in [-0.05, 0) is 43.4 Å². The maximum atomic E-state index is 13.6. The first kappa shape index (κ1) is 21.5. The summed E-state index contributed by atoms with van der Waals surface area (Å²) in [5.41, 5.74) is 1.50. The fraction of sp³-hybridized carbons (Fsp3) is 0.600. The van der Waals surface area contributed by atoms with E-state index in [1.165, 1.54) is 0 Å². The average molecular weight is 441 g/mol. The molecule has 0 spiro atoms. The molecule has 7 heteroatoms. The van der Waals surface area contributed by atoms with E-state index in [0.717, 1.165) is 76.3 Å². The zero-order valence-electron chi connectivity index (χ0n) is 18.8. The number of benzene rings is 1. The van der Waals surface area contributed by atoms with Crippen molar-refractivity contribution < 1.29 is 23.8 Å². The Labute approximate surface area is 189 Å². The van der Waals surface area contributed by atoms with Crippen LogP contribution in [0.5, 0.6) is 5.75 Å². The maximum Gasteiger partial charge on any atom is 0.290 e. The summed E-state index contributed by atoms with van der Waals surface area (Å²) in [5.74, 6) is 0.903. The monoisotopic (exact) mass is 440 g/mol. The van der Waals surface area contributed by atoms with Gasteiger partial charge >= 0.3 is 0 Å². The van der Waals surface area contributed by atoms with Crippen LogP contribution in [0.2, 0.25) is 0 Å². The van der Waals surface area contributed by atoms with E-state index in [4.69, 9.17) is 14.2 Å². The molecule has 1 saturated heterocycles. The van der Waals surface area contributed by atoms with Crippen molar-refractivity contribution in [2.24, 2.45) is 5.92 Å². The molecular weight excluding hydrogens is 408 g/mol. The Balaban J connectivity index is 1.41. The molecule has 1 aromatic rings. The molecule has 5 rings (SSSR count). The van der Waals surface area contributed by atoms with E-state index >= 15 is 0 Å². The van der Waals surface area contributed by atoms with Gasteiger partial charge in [0.25, 0.3) is 5.91 Å². The van der Waals surface area contributed by atoms with Crippen LogP contribution in [-0.4, -0.2) is 74.1 Å². The zero-order valence-corrected chi connectivity index (χ0v) is 18.8. The second-order valence-corrected chi connectivity index (χ2v) is 9.14. The van der Waals surface area contributed by atoms with Crippen molar-refractivity contribution >= 4 is 11.7 Å². The number of Topliss-reactive ketones (excluding diaryl/α,β-unsaturated/α-hetero) is 1. The van der Waals surface area contributed by atoms with Gasteiger partial charge < -0.3 is 19.1 Å². The third-order valence-electron chi connectivity index (χ3n) is 7.27. The average Bonchev–Trinajstić information content (AvgIpc) is 3.12. The molecule has 1 aliphatic carbocycles. The number of hydrogen-bond acceptors (Lipinski definition) is 6. The number of carbonyl (C=O) groups excluding carboxylic acids is 2. The fourth-order valence-corrected chi connectivity index (χ4v) is 5.55. The highest BCUT2D eigenvalue weighted by Crippen LogP contribution is 2.46. The summed E-state index contributed by atoms with van der Waals surface area (Å²) in [6, 6.07) is 7.32. The molecular formula is C25H32N2O5. The second-order valence-electron chi connectivity index (χ2n) is 9.14. The van der Waals surface area contributed by atoms with Crippen molar-refractivity contribution in [3.63, 3.8) is 0 Å². The summed E-state index contributed by atoms with van der Waals surface area (Å²) in [6.45, 7) is 4.88. The van der Waals surface area contributed by atoms with Crippen molar-refractivity contribution in [2.45, 2.75) is 44.2 Å². The third-order valence-corrected chi connectivity index (χ3v) is 7.27. The van der Waals surface area contributed by atoms with E-state index in [2.05, 4.69) is 4.90 Å². The van der Waals surface area contributed by atoms with Crippen molar-refractivity contribution in [1.29, 1.82) is 0 Å². The van der Waals surface area contributed by atoms with Crippen molar-refractivity contribution in [2.75, 3.05) is 46.5 Å². The van der Waals surface area contributed by atoms with Gasteiger partial charge in [0, 0.05) is 26.2 Å². The molecule has 0 N–H and O–H groups in total. The van der Waals surface area contributed by atoms with Gasteiger partial charge in [-0.15, -0.1) is 0 Å². The summed E-state index contributed by atoms with van der Waals surface area (Å²) < 4.78 is 17.0. The maximum absolute atomic E-state index is 13.6. The first-order valence-corrected chi connectivity index (χ1v) is 11.9. The molecule has 172 valence electrons. The minimum atomic E-state index is -0.386. The van der Waals surface area contributed by atoms with Gasteiger partial charge in [0.05, 0.1) is 37.9 Å². The number of morpholine rings is 1. The number of methoxy groups -OCH3 is 1. The van der Waals surface area contributed by atoms with E-state index in [-0.39, 0.29) is 29.8 Å². The first-order chi connectivity index (χ1) is 15.7. The molecule has 1 aromatic carbocycles. The van der Waals surface area contributed by atoms with E-state index in [9.17, 15) is 9.59 Å². The molecule has 3 heterocycles. The number of carbonyl (C=O) groups is 2. The smallest absolute Gasteiger partial charge is 0.290 e. The van der Waals surface area contributed by atoms with Gasteiger partial charge in [0.2, 0.25) is 0 Å². The van der Waals surface area contributed by atoms with Crippen LogP contribution < -0.4 is 4.74 Å². The lowest BCUT2D eigenvalue weighted by Crippen LogP contribution is -2.39. The molecule has 3 aliphatic heterocycles. The number of hydrogen-bond donors (Lipinski definition) is 0. The Bertz CT molecular complexity index is 890. The van der Waals surface area contributed by atoms with Crippen molar-refractivity contribution in [3.8, 4) is 5.75 Å². The van der Waals surface area contributed by atoms with Crippen LogP contribution >= 0.6 is 0 Å². The molecule has 1 saturated carbocycles. The van der Waals surface area contributed by atoms with Crippen molar-refractivity contribution in [1.82, 2.24) is 9.80 Å². The topological polar surface area (TPSA) is 68.3 Å². The van der Waals surface area contributed by atoms with Crippen LogP contribution in [0.1, 0.15) is 43.7 Å². The summed E-state index contributed by atoms with van der Waals surface area (Å²) in [7, 11) is 1.63. The van der Waals surface area contributed by atoms with Crippen LogP contribution in [0.3, 0.4) is 0 Å². The number of rotatable bonds is 6. The summed E-state index contributed by atoms with van der Waals surface area (Å²) in [4.78, 5) is 31.3. The Hall–Kier alpha value is -2.38. The molecule has 3 atom stereocenters. The van der Waals surface area contributed by atoms with Gasteiger partial charge in [0.15, 0.2) is 11.5 Å². The van der Waals surface area contributed by atoms with Gasteiger partial charge in [-0.3, -0.25) is 14.5 Å². The molecule has 32 heavy (non-hydrogen) atoms. The van der Waals surface area contributed by atoms with E-state index in [1.807, 2.05) is 29.2 Å². The summed E-state index contributed by atoms with van der Waals surface area (Å²) >= 11 is 0. The summed E-state index contributed by atoms with van der Waals surface area (Å²) in [5, 5.41) is 0. The summed E-state index contributed by atoms with van der Waals surface area (Å²) in [6.07, 6.45) is 4.49. The molecule has 7 nitrogen and oxygen atoms in total. The van der Waals surface area contributed by atoms with Crippen LogP contribution in [0, 0.1) is 5.92 Å². The lowest BCUT2D eigenvalue weighted by atomic mass is 9.77. The Morgan fingerprint density at radius 1 is 1.03 bits per heavy atom. The number of ketones is 1. The molecule has 1 amide bonds. The van der Waals surface area contributed by atoms with E-state index in [0.29, 0.717) is 17.9 Å². The molecule has 0 bridgehead atoms. The molecule has 3 unspecified atom stereocenters. The van der Waals surface area contributed by atoms with Crippen molar-refractivity contribution in [3.05, 3.63) is 41.2 Å². The lowest BCUT2D eigenvalue weighted by Gasteiger charge is -2.35. The Morgan fingerprint density at radius 2 is 1.78 bits per heavy atom. The first-order valence-electron chi connectivity index (χ1n) is 11.9. The van der Waals surface area contributed by atoms with Gasteiger partial charge in [-0.25, -0.2) is 0 Å². The Morgan fingerprint density at radius 3 is 2.53 bits per heavy atom. The largest absolute Gasteiger partial charge is 0.497 e. The third kappa shape index (κ3) is 3.92. The Kier molecular flexibility index (Phi) is 6.20. The normalized spacial score (nSPS) is 28.4. The van der Waals surface area contributed by atoms with Crippen LogP contribution in [0.15, 0.2) is 35.6 Å². The quantitative estimate of drug-likeness (QED) is 0.678. The van der Waals surface area contributed by atoms with E-state index in [1.54, 1.807) is 7.11 Å². The molecule has 4 aliphatic rings. The molecule has 0 aromatic heterocycles. The van der Waals surface area contributed by atoms with Gasteiger partial charge in [-0.2, -0.15) is 0 Å². The van der Waals surface area contributed by atoms with Crippen LogP contribution in [-0.2, 0) is 19.1 Å². The minimum absolute atomic E-state index is 0.112. The highest BCUT2D eigenvalue weighted by Gasteiger charge is 2.51. The number of ether oxygens (including phenoxy) is 3. The fourth-order valence-electron chi connectivity index (χ4n) is 5.55. The van der Waals surface area contributed by atoms with Gasteiger partial charge in [0.1, 0.15) is 11.9 Å². The number of fused-ring (bicyclic) bond motifs is 1. The lowest BCUT2D eigenvalue weighted by molar-refractivity contribution is -0.135. The van der Waals surface area contributed by atoms with Crippen LogP contribution in [0.25, 0.3) is 0 Å². The minimum Gasteiger partial charge on any atom is -0.497 e. The highest BCUT2D eigenvalue weighted by molar-refractivity contribution is 6.11. The number of amides is 1. The molecule has 2 fully saturated rings.